The number of benzene rings is 1. The predicted molar refractivity (Wildman–Crippen MR) is 272 cm³/mol. The van der Waals surface area contributed by atoms with Gasteiger partial charge in [-0.25, -0.2) is 8.42 Å². The lowest BCUT2D eigenvalue weighted by atomic mass is 9.83. The second-order valence-electron chi connectivity index (χ2n) is 22.6. The molecule has 1 aromatic rings. The molecule has 0 aliphatic carbocycles. The summed E-state index contributed by atoms with van der Waals surface area (Å²) in [7, 11) is -7.93. The molecule has 1 unspecified atom stereocenters. The molecule has 4 rings (SSSR count). The molecule has 3 heterocycles. The smallest absolute Gasteiger partial charge is 0.192 e. The van der Waals surface area contributed by atoms with Crippen LogP contribution in [-0.4, -0.2) is 108 Å². The predicted octanol–water partition coefficient (Wildman–Crippen LogP) is 12.7. The van der Waals surface area contributed by atoms with Crippen LogP contribution in [0.1, 0.15) is 121 Å². The summed E-state index contributed by atoms with van der Waals surface area (Å²) in [6.45, 7) is 42.0. The monoisotopic (exact) mass is 965 g/mol. The zero-order valence-electron chi connectivity index (χ0n) is 43.1. The van der Waals surface area contributed by atoms with Crippen LogP contribution >= 0.6 is 0 Å². The Morgan fingerprint density at radius 3 is 1.98 bits per heavy atom. The molecule has 9 nitrogen and oxygen atoms in total. The van der Waals surface area contributed by atoms with Gasteiger partial charge in [-0.2, -0.15) is 0 Å². The molecule has 0 spiro atoms. The van der Waals surface area contributed by atoms with Gasteiger partial charge in [-0.15, -0.1) is 0 Å². The fourth-order valence-electron chi connectivity index (χ4n) is 9.41. The van der Waals surface area contributed by atoms with Gasteiger partial charge in [0.05, 0.1) is 66.1 Å². The van der Waals surface area contributed by atoms with E-state index in [1.54, 1.807) is 31.4 Å². The summed E-state index contributed by atoms with van der Waals surface area (Å²) < 4.78 is 75.9. The number of hydrogen-bond donors (Lipinski definition) is 0. The third kappa shape index (κ3) is 14.5. The van der Waals surface area contributed by atoms with Crippen LogP contribution in [0.2, 0.25) is 54.4 Å². The Balaban J connectivity index is 1.51. The fraction of sp³-hybridized carbons (Fsp3) is 0.804. The summed E-state index contributed by atoms with van der Waals surface area (Å²) in [5.74, 6) is -0.300. The van der Waals surface area contributed by atoms with Crippen LogP contribution < -0.4 is 0 Å². The van der Waals surface area contributed by atoms with Crippen molar-refractivity contribution in [2.45, 2.75) is 229 Å². The highest BCUT2D eigenvalue weighted by molar-refractivity contribution is 7.91. The first kappa shape index (κ1) is 55.6. The standard InChI is InChI=1S/C51H92O9SSi3/c1-18-64(19-2,20-3)55-30-24-25-40-32-38(5)45(57-40)29-28-41-31-37(4)39(6)46(58-41)34-47-44(36-61(52,53)43-26-22-21-23-27-43)49(54-13)48(59-47)33-42(60-63(16,17)51(10,11)12)35-56-62(14,15)50(7,8)9/h21-23,26-27,37,40-42,44-49H,5-6,18-20,24-25,28-36H2,1-4,7-17H3/t37-,40+,41+,42?,44+,45+,46-,47+,48-,49-/m1/s1. The quantitative estimate of drug-likeness (QED) is 0.0570. The van der Waals surface area contributed by atoms with Gasteiger partial charge in [-0.3, -0.25) is 0 Å². The molecule has 3 aliphatic heterocycles. The van der Waals surface area contributed by atoms with Crippen LogP contribution in [0.25, 0.3) is 0 Å². The van der Waals surface area contributed by atoms with E-state index >= 15 is 0 Å². The Morgan fingerprint density at radius 2 is 1.41 bits per heavy atom. The van der Waals surface area contributed by atoms with Gasteiger partial charge in [0.25, 0.3) is 0 Å². The molecule has 0 aromatic heterocycles. The van der Waals surface area contributed by atoms with Crippen molar-refractivity contribution in [2.24, 2.45) is 11.8 Å². The molecule has 1 aromatic carbocycles. The molecular formula is C51H92O9SSi3. The van der Waals surface area contributed by atoms with Crippen molar-refractivity contribution in [2.75, 3.05) is 26.1 Å². The molecule has 0 N–H and O–H groups in total. The first-order valence-corrected chi connectivity index (χ1v) is 34.8. The lowest BCUT2D eigenvalue weighted by Gasteiger charge is -2.42. The number of methoxy groups -OCH3 is 1. The number of hydrogen-bond acceptors (Lipinski definition) is 9. The Hall–Kier alpha value is -0.979. The summed E-state index contributed by atoms with van der Waals surface area (Å²) in [4.78, 5) is 0.306. The topological polar surface area (TPSA) is 98.8 Å². The van der Waals surface area contributed by atoms with Gasteiger partial charge in [0.15, 0.2) is 34.8 Å². The van der Waals surface area contributed by atoms with Crippen molar-refractivity contribution in [1.29, 1.82) is 0 Å². The zero-order chi connectivity index (χ0) is 47.9. The largest absolute Gasteiger partial charge is 0.417 e. The molecule has 13 heteroatoms. The zero-order valence-corrected chi connectivity index (χ0v) is 46.9. The minimum absolute atomic E-state index is 0.0135. The van der Waals surface area contributed by atoms with E-state index in [-0.39, 0.29) is 52.3 Å². The maximum Gasteiger partial charge on any atom is 0.192 e. The van der Waals surface area contributed by atoms with E-state index in [2.05, 4.69) is 109 Å². The van der Waals surface area contributed by atoms with Crippen LogP contribution in [0.3, 0.4) is 0 Å². The second-order valence-corrected chi connectivity index (χ2v) is 39.0. The molecule has 0 bridgehead atoms. The maximum absolute atomic E-state index is 14.2. The van der Waals surface area contributed by atoms with Gasteiger partial charge < -0.3 is 32.2 Å². The summed E-state index contributed by atoms with van der Waals surface area (Å²) in [5, 5.41) is 0.0232. The summed E-state index contributed by atoms with van der Waals surface area (Å²) in [5.41, 5.74) is 2.22. The molecule has 10 atom stereocenters. The van der Waals surface area contributed by atoms with Crippen LogP contribution in [0.15, 0.2) is 59.5 Å². The third-order valence-corrected chi connectivity index (χ3v) is 31.7. The van der Waals surface area contributed by atoms with Crippen LogP contribution in [-0.2, 0) is 42.1 Å². The molecule has 3 fully saturated rings. The van der Waals surface area contributed by atoms with Crippen LogP contribution in [0.4, 0.5) is 0 Å². The molecule has 368 valence electrons. The Morgan fingerprint density at radius 1 is 0.797 bits per heavy atom. The van der Waals surface area contributed by atoms with E-state index in [1.165, 1.54) is 23.7 Å². The van der Waals surface area contributed by atoms with Gasteiger partial charge in [0, 0.05) is 32.5 Å². The van der Waals surface area contributed by atoms with Gasteiger partial charge in [-0.05, 0) is 122 Å². The lowest BCUT2D eigenvalue weighted by molar-refractivity contribution is -0.0782. The SMILES string of the molecule is C=C1C[C@H](CCCO[Si](CC)(CC)CC)O[C@H]1CC[C@H]1C[C@@H](C)C(=C)[C@@H](C[C@@H]2O[C@H](CC(CO[Si](C)(C)C(C)(C)C)O[Si](C)(C)C(C)(C)C)[C@H](OC)[C@H]2CS(=O)(=O)c2ccccc2)O1. The lowest BCUT2D eigenvalue weighted by Crippen LogP contribution is -2.49. The van der Waals surface area contributed by atoms with Crippen molar-refractivity contribution in [1.82, 2.24) is 0 Å². The van der Waals surface area contributed by atoms with E-state index < -0.39 is 59.0 Å². The summed E-state index contributed by atoms with van der Waals surface area (Å²) in [6.07, 6.45) is 4.90. The molecular weight excluding hydrogens is 873 g/mol. The second kappa shape index (κ2) is 23.1. The summed E-state index contributed by atoms with van der Waals surface area (Å²) >= 11 is 0. The molecule has 0 saturated carbocycles. The average molecular weight is 966 g/mol. The molecule has 64 heavy (non-hydrogen) atoms. The maximum atomic E-state index is 14.2. The highest BCUT2D eigenvalue weighted by Crippen LogP contribution is 2.44. The van der Waals surface area contributed by atoms with Gasteiger partial charge >= 0.3 is 0 Å². The van der Waals surface area contributed by atoms with E-state index in [9.17, 15) is 8.42 Å². The van der Waals surface area contributed by atoms with E-state index in [1.807, 2.05) is 6.07 Å². The van der Waals surface area contributed by atoms with Crippen molar-refractivity contribution in [3.8, 4) is 0 Å². The van der Waals surface area contributed by atoms with Crippen molar-refractivity contribution in [3.05, 3.63) is 54.6 Å². The molecule has 3 aliphatic rings. The first-order chi connectivity index (χ1) is 29.7. The van der Waals surface area contributed by atoms with E-state index in [0.717, 1.165) is 50.7 Å². The van der Waals surface area contributed by atoms with E-state index in [0.29, 0.717) is 24.3 Å². The molecule has 0 amide bonds. The van der Waals surface area contributed by atoms with E-state index in [4.69, 9.17) is 32.2 Å². The fourth-order valence-corrected chi connectivity index (χ4v) is 16.2. The normalized spacial score (nSPS) is 28.3. The van der Waals surface area contributed by atoms with Gasteiger partial charge in [-0.1, -0.05) is 101 Å². The molecule has 0 radical (unpaired) electrons. The first-order valence-electron chi connectivity index (χ1n) is 24.8. The number of sulfone groups is 1. The Kier molecular flexibility index (Phi) is 20.1. The minimum atomic E-state index is -3.68. The highest BCUT2D eigenvalue weighted by Gasteiger charge is 2.50. The molecule has 3 saturated heterocycles. The average Bonchev–Trinajstić information content (AvgIpc) is 3.74. The van der Waals surface area contributed by atoms with Crippen LogP contribution in [0, 0.1) is 11.8 Å². The van der Waals surface area contributed by atoms with Crippen molar-refractivity contribution in [3.63, 3.8) is 0 Å². The Labute approximate surface area is 394 Å². The van der Waals surface area contributed by atoms with Crippen molar-refractivity contribution >= 4 is 34.8 Å². The van der Waals surface area contributed by atoms with Crippen LogP contribution in [0.5, 0.6) is 0 Å². The van der Waals surface area contributed by atoms with Crippen molar-refractivity contribution < 1.29 is 40.6 Å². The van der Waals surface area contributed by atoms with Gasteiger partial charge in [0.2, 0.25) is 0 Å². The highest BCUT2D eigenvalue weighted by atomic mass is 32.2. The Bertz CT molecular complexity index is 1730. The number of rotatable bonds is 24. The third-order valence-electron chi connectivity index (χ3n) is 16.1. The number of ether oxygens (including phenoxy) is 4. The summed E-state index contributed by atoms with van der Waals surface area (Å²) in [6, 6.07) is 12.3. The minimum Gasteiger partial charge on any atom is -0.417 e. The van der Waals surface area contributed by atoms with Gasteiger partial charge in [0.1, 0.15) is 0 Å².